The maximum Gasteiger partial charge on any atom is 0.433 e. The number of nitrogens with one attached hydrogen (secondary N) is 1. The smallest absolute Gasteiger partial charge is 0.287 e. The number of amides is 1. The first-order valence-electron chi connectivity index (χ1n) is 7.47. The van der Waals surface area contributed by atoms with Crippen molar-refractivity contribution >= 4 is 5.91 Å². The molecule has 2 aromatic heterocycles. The van der Waals surface area contributed by atoms with E-state index < -0.39 is 23.6 Å². The van der Waals surface area contributed by atoms with Gasteiger partial charge in [-0.3, -0.25) is 15.2 Å². The minimum atomic E-state index is -4.58. The summed E-state index contributed by atoms with van der Waals surface area (Å²) >= 11 is 0. The topological polar surface area (TPSA) is 93.8 Å². The first-order valence-corrected chi connectivity index (χ1v) is 7.47. The summed E-state index contributed by atoms with van der Waals surface area (Å²) in [7, 11) is 0. The van der Waals surface area contributed by atoms with Crippen molar-refractivity contribution in [1.29, 1.82) is 0 Å². The molecule has 0 fully saturated rings. The van der Waals surface area contributed by atoms with Crippen molar-refractivity contribution in [2.75, 3.05) is 0 Å². The lowest BCUT2D eigenvalue weighted by atomic mass is 10.1. The van der Waals surface area contributed by atoms with Crippen LogP contribution in [0.15, 0.2) is 48.7 Å². The third kappa shape index (κ3) is 4.06. The van der Waals surface area contributed by atoms with Gasteiger partial charge in [0.05, 0.1) is 11.4 Å². The maximum absolute atomic E-state index is 13.5. The molecule has 3 aromatic rings. The SMILES string of the molecule is NNC(=O)c1nc(-c2ccc(C(F)(F)F)nc2)cc(-c2cccc(F)c2)n1. The van der Waals surface area contributed by atoms with Gasteiger partial charge in [0.15, 0.2) is 0 Å². The fourth-order valence-corrected chi connectivity index (χ4v) is 2.27. The molecule has 10 heteroatoms. The minimum Gasteiger partial charge on any atom is -0.287 e. The van der Waals surface area contributed by atoms with Gasteiger partial charge < -0.3 is 0 Å². The zero-order valence-electron chi connectivity index (χ0n) is 13.5. The summed E-state index contributed by atoms with van der Waals surface area (Å²) in [5, 5.41) is 0. The Hall–Kier alpha value is -3.40. The van der Waals surface area contributed by atoms with Crippen molar-refractivity contribution in [2.24, 2.45) is 5.84 Å². The van der Waals surface area contributed by atoms with Crippen LogP contribution in [0.2, 0.25) is 0 Å². The second kappa shape index (κ2) is 7.08. The first kappa shape index (κ1) is 18.4. The lowest BCUT2D eigenvalue weighted by Crippen LogP contribution is -2.31. The Morgan fingerprint density at radius 3 is 2.26 bits per heavy atom. The summed E-state index contributed by atoms with van der Waals surface area (Å²) in [6, 6.07) is 8.81. The Morgan fingerprint density at radius 1 is 1.00 bits per heavy atom. The number of carbonyl (C=O) groups is 1. The fourth-order valence-electron chi connectivity index (χ4n) is 2.27. The number of rotatable bonds is 3. The van der Waals surface area contributed by atoms with E-state index in [1.165, 1.54) is 24.3 Å². The van der Waals surface area contributed by atoms with E-state index in [1.807, 2.05) is 5.43 Å². The molecule has 0 saturated heterocycles. The van der Waals surface area contributed by atoms with E-state index in [4.69, 9.17) is 5.84 Å². The molecule has 0 saturated carbocycles. The van der Waals surface area contributed by atoms with Crippen LogP contribution in [-0.2, 0) is 6.18 Å². The van der Waals surface area contributed by atoms with Gasteiger partial charge in [0.2, 0.25) is 5.82 Å². The molecule has 0 aliphatic rings. The second-order valence-electron chi connectivity index (χ2n) is 5.38. The highest BCUT2D eigenvalue weighted by atomic mass is 19.4. The second-order valence-corrected chi connectivity index (χ2v) is 5.38. The molecule has 3 N–H and O–H groups in total. The Morgan fingerprint density at radius 2 is 1.70 bits per heavy atom. The van der Waals surface area contributed by atoms with Crippen molar-refractivity contribution in [3.8, 4) is 22.5 Å². The van der Waals surface area contributed by atoms with Gasteiger partial charge in [-0.05, 0) is 30.3 Å². The predicted molar refractivity (Wildman–Crippen MR) is 87.3 cm³/mol. The average Bonchev–Trinajstić information content (AvgIpc) is 2.66. The number of hydrazine groups is 1. The van der Waals surface area contributed by atoms with Gasteiger partial charge in [-0.2, -0.15) is 13.2 Å². The highest BCUT2D eigenvalue weighted by molar-refractivity contribution is 5.91. The van der Waals surface area contributed by atoms with Gasteiger partial charge in [-0.1, -0.05) is 12.1 Å². The van der Waals surface area contributed by atoms with Crippen LogP contribution in [0.25, 0.3) is 22.5 Å². The summed E-state index contributed by atoms with van der Waals surface area (Å²) in [6.45, 7) is 0. The van der Waals surface area contributed by atoms with Crippen molar-refractivity contribution in [3.63, 3.8) is 0 Å². The molecule has 2 heterocycles. The van der Waals surface area contributed by atoms with Crippen molar-refractivity contribution in [3.05, 3.63) is 66.0 Å². The van der Waals surface area contributed by atoms with Gasteiger partial charge in [-0.15, -0.1) is 0 Å². The van der Waals surface area contributed by atoms with Crippen LogP contribution in [0.5, 0.6) is 0 Å². The predicted octanol–water partition coefficient (Wildman–Crippen LogP) is 2.97. The summed E-state index contributed by atoms with van der Waals surface area (Å²) in [5.41, 5.74) is 1.70. The normalized spacial score (nSPS) is 11.3. The van der Waals surface area contributed by atoms with Gasteiger partial charge >= 0.3 is 12.1 Å². The summed E-state index contributed by atoms with van der Waals surface area (Å²) < 4.78 is 51.5. The first-order chi connectivity index (χ1) is 12.8. The van der Waals surface area contributed by atoms with Crippen molar-refractivity contribution < 1.29 is 22.4 Å². The molecule has 6 nitrogen and oxygen atoms in total. The number of benzene rings is 1. The van der Waals surface area contributed by atoms with Crippen LogP contribution in [0.4, 0.5) is 17.6 Å². The molecule has 1 amide bonds. The van der Waals surface area contributed by atoms with Gasteiger partial charge in [0.1, 0.15) is 11.5 Å². The van der Waals surface area contributed by atoms with E-state index in [1.54, 1.807) is 6.07 Å². The minimum absolute atomic E-state index is 0.129. The van der Waals surface area contributed by atoms with E-state index >= 15 is 0 Å². The fraction of sp³-hybridized carbons (Fsp3) is 0.0588. The quantitative estimate of drug-likeness (QED) is 0.317. The Kier molecular flexibility index (Phi) is 4.82. The Labute approximate surface area is 150 Å². The number of alkyl halides is 3. The van der Waals surface area contributed by atoms with Crippen LogP contribution in [-0.4, -0.2) is 20.9 Å². The highest BCUT2D eigenvalue weighted by Crippen LogP contribution is 2.29. The molecule has 138 valence electrons. The Bertz CT molecular complexity index is 989. The number of carbonyl (C=O) groups excluding carboxylic acids is 1. The monoisotopic (exact) mass is 377 g/mol. The average molecular weight is 377 g/mol. The van der Waals surface area contributed by atoms with Crippen LogP contribution in [0.3, 0.4) is 0 Å². The van der Waals surface area contributed by atoms with Crippen molar-refractivity contribution in [1.82, 2.24) is 20.4 Å². The number of aromatic nitrogens is 3. The van der Waals surface area contributed by atoms with E-state index in [0.717, 1.165) is 18.3 Å². The van der Waals surface area contributed by atoms with Gasteiger partial charge in [0, 0.05) is 17.3 Å². The number of pyridine rings is 1. The molecule has 3 rings (SSSR count). The van der Waals surface area contributed by atoms with Gasteiger partial charge in [0.25, 0.3) is 0 Å². The molecule has 0 radical (unpaired) electrons. The van der Waals surface area contributed by atoms with Gasteiger partial charge in [-0.25, -0.2) is 20.2 Å². The molecule has 1 aromatic carbocycles. The number of nitrogens with zero attached hydrogens (tertiary/aromatic N) is 3. The number of nitrogens with two attached hydrogens (primary N) is 1. The molecule has 0 bridgehead atoms. The number of nitrogen functional groups attached to an aromatic ring is 1. The zero-order chi connectivity index (χ0) is 19.6. The molecule has 0 aliphatic carbocycles. The van der Waals surface area contributed by atoms with Crippen LogP contribution >= 0.6 is 0 Å². The Balaban J connectivity index is 2.12. The molecule has 0 unspecified atom stereocenters. The molecule has 27 heavy (non-hydrogen) atoms. The number of hydrogen-bond acceptors (Lipinski definition) is 5. The molecule has 0 aliphatic heterocycles. The molecule has 0 spiro atoms. The largest absolute Gasteiger partial charge is 0.433 e. The van der Waals surface area contributed by atoms with Crippen LogP contribution in [0.1, 0.15) is 16.3 Å². The molecular weight excluding hydrogens is 366 g/mol. The summed E-state index contributed by atoms with van der Waals surface area (Å²) in [6.07, 6.45) is -3.60. The molecule has 0 atom stereocenters. The van der Waals surface area contributed by atoms with E-state index in [9.17, 15) is 22.4 Å². The third-order valence-electron chi connectivity index (χ3n) is 3.53. The number of halogens is 4. The third-order valence-corrected chi connectivity index (χ3v) is 3.53. The van der Waals surface area contributed by atoms with Crippen LogP contribution < -0.4 is 11.3 Å². The standard InChI is InChI=1S/C17H11F4N5O/c18-11-3-1-2-9(6-11)12-7-13(25-15(24-12)16(27)26-22)10-4-5-14(23-8-10)17(19,20)21/h1-8H,22H2,(H,26,27). The lowest BCUT2D eigenvalue weighted by molar-refractivity contribution is -0.141. The number of hydrogen-bond donors (Lipinski definition) is 2. The van der Waals surface area contributed by atoms with E-state index in [2.05, 4.69) is 15.0 Å². The molecular formula is C17H11F4N5O. The highest BCUT2D eigenvalue weighted by Gasteiger charge is 2.32. The van der Waals surface area contributed by atoms with E-state index in [0.29, 0.717) is 5.56 Å². The zero-order valence-corrected chi connectivity index (χ0v) is 13.5. The van der Waals surface area contributed by atoms with E-state index in [-0.39, 0.29) is 22.8 Å². The summed E-state index contributed by atoms with van der Waals surface area (Å²) in [4.78, 5) is 23.2. The summed E-state index contributed by atoms with van der Waals surface area (Å²) in [5.74, 6) is 3.44. The maximum atomic E-state index is 13.5. The lowest BCUT2D eigenvalue weighted by Gasteiger charge is -2.09. The van der Waals surface area contributed by atoms with Crippen LogP contribution in [0, 0.1) is 5.82 Å². The van der Waals surface area contributed by atoms with Crippen molar-refractivity contribution in [2.45, 2.75) is 6.18 Å².